The van der Waals surface area contributed by atoms with E-state index < -0.39 is 11.7 Å². The Morgan fingerprint density at radius 1 is 0.953 bits per heavy atom. The Morgan fingerprint density at radius 2 is 1.67 bits per heavy atom. The summed E-state index contributed by atoms with van der Waals surface area (Å²) in [6.45, 7) is 3.39. The summed E-state index contributed by atoms with van der Waals surface area (Å²) < 4.78 is 44.6. The summed E-state index contributed by atoms with van der Waals surface area (Å²) in [6, 6.07) is 22.6. The van der Waals surface area contributed by atoms with E-state index in [0.717, 1.165) is 40.8 Å². The Balaban J connectivity index is 1.32. The van der Waals surface area contributed by atoms with Crippen LogP contribution in [0.25, 0.3) is 5.57 Å². The molecule has 3 aromatic carbocycles. The molecule has 1 fully saturated rings. The van der Waals surface area contributed by atoms with Crippen molar-refractivity contribution in [2.45, 2.75) is 44.4 Å². The molecule has 2 bridgehead atoms. The van der Waals surface area contributed by atoms with E-state index in [4.69, 9.17) is 4.74 Å². The number of benzene rings is 3. The molecule has 3 aromatic rings. The molecular weight excluding hydrogens is 555 g/mol. The largest absolute Gasteiger partial charge is 0.493 e. The highest BCUT2D eigenvalue weighted by Crippen LogP contribution is 2.34. The molecule has 1 N–H and O–H groups in total. The average Bonchev–Trinajstić information content (AvgIpc) is 3.00. The number of amides is 2. The molecule has 2 atom stereocenters. The molecule has 226 valence electrons. The van der Waals surface area contributed by atoms with Crippen LogP contribution in [0, 0.1) is 0 Å². The van der Waals surface area contributed by atoms with E-state index in [1.807, 2.05) is 66.5 Å². The zero-order valence-electron chi connectivity index (χ0n) is 24.4. The van der Waals surface area contributed by atoms with Gasteiger partial charge in [-0.1, -0.05) is 60.7 Å². The number of nitrogens with zero attached hydrogens (tertiary/aromatic N) is 2. The van der Waals surface area contributed by atoms with Crippen LogP contribution in [0.15, 0.2) is 84.4 Å². The van der Waals surface area contributed by atoms with Crippen molar-refractivity contribution in [3.63, 3.8) is 0 Å². The van der Waals surface area contributed by atoms with Gasteiger partial charge in [0.2, 0.25) is 5.91 Å². The van der Waals surface area contributed by atoms with E-state index in [1.54, 1.807) is 11.8 Å². The number of piperazine rings is 1. The van der Waals surface area contributed by atoms with Gasteiger partial charge >= 0.3 is 6.18 Å². The minimum absolute atomic E-state index is 0.000820. The van der Waals surface area contributed by atoms with Gasteiger partial charge in [-0.2, -0.15) is 13.2 Å². The van der Waals surface area contributed by atoms with E-state index >= 15 is 0 Å². The van der Waals surface area contributed by atoms with Crippen LogP contribution in [0.5, 0.6) is 5.75 Å². The van der Waals surface area contributed by atoms with Gasteiger partial charge in [0, 0.05) is 51.6 Å². The van der Waals surface area contributed by atoms with E-state index in [1.165, 1.54) is 12.1 Å². The molecule has 6 nitrogen and oxygen atoms in total. The SMILES string of the molecule is CC(=O)N1CC2CC(c3ccc(CCOc4cccc(C(F)(F)F)c4)cc3)=C(C(=O)N(C)CCc3ccccc3)[C@@H](C1)N2. The molecular formula is C34H36F3N3O3. The second kappa shape index (κ2) is 13.0. The van der Waals surface area contributed by atoms with Crippen LogP contribution in [0.3, 0.4) is 0 Å². The average molecular weight is 592 g/mol. The number of carbonyl (C=O) groups excluding carboxylic acids is 2. The minimum atomic E-state index is -4.42. The van der Waals surface area contributed by atoms with E-state index in [2.05, 4.69) is 5.32 Å². The smallest absolute Gasteiger partial charge is 0.416 e. The predicted octanol–water partition coefficient (Wildman–Crippen LogP) is 5.37. The first kappa shape index (κ1) is 30.4. The van der Waals surface area contributed by atoms with Crippen LogP contribution in [-0.4, -0.2) is 67.0 Å². The van der Waals surface area contributed by atoms with Crippen molar-refractivity contribution in [1.29, 1.82) is 0 Å². The number of hydrogen-bond acceptors (Lipinski definition) is 4. The maximum atomic E-state index is 13.9. The first-order valence-electron chi connectivity index (χ1n) is 14.5. The van der Waals surface area contributed by atoms with Gasteiger partial charge in [-0.15, -0.1) is 0 Å². The summed E-state index contributed by atoms with van der Waals surface area (Å²) in [7, 11) is 1.82. The summed E-state index contributed by atoms with van der Waals surface area (Å²) in [4.78, 5) is 29.8. The first-order chi connectivity index (χ1) is 20.6. The standard InChI is InChI=1S/C34H36F3N3O3/c1-23(41)40-21-28-20-30(32(31(22-40)38-28)33(42)39(2)17-15-24-7-4-3-5-8-24)26-13-11-25(12-14-26)16-18-43-29-10-6-9-27(19-29)34(35,36)37/h3-14,19,28,31,38H,15-18,20-22H2,1-2H3/t28?,31-/m1/s1. The Bertz CT molecular complexity index is 1470. The van der Waals surface area contributed by atoms with E-state index in [9.17, 15) is 22.8 Å². The van der Waals surface area contributed by atoms with Crippen molar-refractivity contribution in [1.82, 2.24) is 15.1 Å². The molecule has 0 aliphatic carbocycles. The minimum Gasteiger partial charge on any atom is -0.493 e. The number of halogens is 3. The third kappa shape index (κ3) is 7.46. The lowest BCUT2D eigenvalue weighted by atomic mass is 9.82. The molecule has 1 unspecified atom stereocenters. The lowest BCUT2D eigenvalue weighted by Gasteiger charge is -2.44. The Kier molecular flexibility index (Phi) is 9.20. The van der Waals surface area contributed by atoms with Gasteiger partial charge in [0.1, 0.15) is 5.75 Å². The lowest BCUT2D eigenvalue weighted by molar-refractivity contribution is -0.137. The molecule has 43 heavy (non-hydrogen) atoms. The van der Waals surface area contributed by atoms with Crippen LogP contribution in [0.4, 0.5) is 13.2 Å². The molecule has 0 radical (unpaired) electrons. The summed E-state index contributed by atoms with van der Waals surface area (Å²) in [6.07, 6.45) is -2.54. The van der Waals surface area contributed by atoms with Crippen molar-refractivity contribution < 1.29 is 27.5 Å². The van der Waals surface area contributed by atoms with Gasteiger partial charge in [-0.3, -0.25) is 9.59 Å². The van der Waals surface area contributed by atoms with Crippen LogP contribution >= 0.6 is 0 Å². The fourth-order valence-corrected chi connectivity index (χ4v) is 5.79. The van der Waals surface area contributed by atoms with Gasteiger partial charge in [0.25, 0.3) is 5.91 Å². The number of fused-ring (bicyclic) bond motifs is 2. The fourth-order valence-electron chi connectivity index (χ4n) is 5.79. The van der Waals surface area contributed by atoms with Crippen molar-refractivity contribution in [3.8, 4) is 5.75 Å². The summed E-state index contributed by atoms with van der Waals surface area (Å²) in [5, 5.41) is 3.58. The highest BCUT2D eigenvalue weighted by Gasteiger charge is 2.39. The predicted molar refractivity (Wildman–Crippen MR) is 159 cm³/mol. The summed E-state index contributed by atoms with van der Waals surface area (Å²) in [5.74, 6) is 0.128. The summed E-state index contributed by atoms with van der Waals surface area (Å²) in [5.41, 5.74) is 4.03. The normalized spacial score (nSPS) is 18.4. The number of hydrogen-bond donors (Lipinski definition) is 1. The van der Waals surface area contributed by atoms with Crippen molar-refractivity contribution in [2.24, 2.45) is 0 Å². The Morgan fingerprint density at radius 3 is 2.37 bits per heavy atom. The molecule has 9 heteroatoms. The zero-order valence-corrected chi connectivity index (χ0v) is 24.4. The van der Waals surface area contributed by atoms with Gasteiger partial charge < -0.3 is 19.9 Å². The highest BCUT2D eigenvalue weighted by molar-refractivity contribution is 6.03. The molecule has 0 saturated carbocycles. The van der Waals surface area contributed by atoms with Crippen LogP contribution in [0.2, 0.25) is 0 Å². The number of nitrogens with one attached hydrogen (secondary N) is 1. The highest BCUT2D eigenvalue weighted by atomic mass is 19.4. The van der Waals surface area contributed by atoms with Crippen molar-refractivity contribution >= 4 is 17.4 Å². The van der Waals surface area contributed by atoms with Gasteiger partial charge in [-0.25, -0.2) is 0 Å². The molecule has 2 aliphatic heterocycles. The quantitative estimate of drug-likeness (QED) is 0.364. The number of likely N-dealkylation sites (N-methyl/N-ethyl adjacent to an activating group) is 1. The monoisotopic (exact) mass is 591 g/mol. The number of carbonyl (C=O) groups is 2. The number of alkyl halides is 3. The second-order valence-electron chi connectivity index (χ2n) is 11.2. The van der Waals surface area contributed by atoms with Crippen LogP contribution < -0.4 is 10.1 Å². The van der Waals surface area contributed by atoms with Gasteiger partial charge in [-0.05, 0) is 53.3 Å². The van der Waals surface area contributed by atoms with Crippen molar-refractivity contribution in [2.75, 3.05) is 33.3 Å². The van der Waals surface area contributed by atoms with Crippen molar-refractivity contribution in [3.05, 3.63) is 107 Å². The lowest BCUT2D eigenvalue weighted by Crippen LogP contribution is -2.61. The Hall–Kier alpha value is -4.11. The van der Waals surface area contributed by atoms with Crippen LogP contribution in [0.1, 0.15) is 35.6 Å². The molecule has 5 rings (SSSR count). The molecule has 0 aromatic heterocycles. The molecule has 2 aliphatic rings. The topological polar surface area (TPSA) is 61.9 Å². The number of ether oxygens (including phenoxy) is 1. The maximum absolute atomic E-state index is 13.9. The van der Waals surface area contributed by atoms with E-state index in [0.29, 0.717) is 38.0 Å². The third-order valence-corrected chi connectivity index (χ3v) is 8.13. The van der Waals surface area contributed by atoms with E-state index in [-0.39, 0.29) is 36.3 Å². The molecule has 1 saturated heterocycles. The Labute approximate surface area is 250 Å². The molecule has 0 spiro atoms. The molecule has 2 amide bonds. The fraction of sp³-hybridized carbons (Fsp3) is 0.353. The van der Waals surface area contributed by atoms with Gasteiger partial charge in [0.05, 0.1) is 18.2 Å². The first-order valence-corrected chi connectivity index (χ1v) is 14.5. The number of rotatable bonds is 9. The van der Waals surface area contributed by atoms with Crippen LogP contribution in [-0.2, 0) is 28.6 Å². The summed E-state index contributed by atoms with van der Waals surface area (Å²) >= 11 is 0. The molecule has 2 heterocycles. The zero-order chi connectivity index (χ0) is 30.6. The second-order valence-corrected chi connectivity index (χ2v) is 11.2. The third-order valence-electron chi connectivity index (χ3n) is 8.13. The maximum Gasteiger partial charge on any atom is 0.416 e. The van der Waals surface area contributed by atoms with Gasteiger partial charge in [0.15, 0.2) is 0 Å².